The number of nitrogens with zero attached hydrogens (tertiary/aromatic N) is 2. The highest BCUT2D eigenvalue weighted by Gasteiger charge is 2.33. The van der Waals surface area contributed by atoms with Crippen LogP contribution >= 0.6 is 34.5 Å². The minimum absolute atomic E-state index is 0.160. The van der Waals surface area contributed by atoms with Gasteiger partial charge in [-0.1, -0.05) is 46.7 Å². The van der Waals surface area contributed by atoms with Crippen molar-refractivity contribution in [2.24, 2.45) is 4.99 Å². The normalized spacial score (nSPS) is 15.5. The molecule has 0 saturated carbocycles. The third kappa shape index (κ3) is 4.80. The lowest BCUT2D eigenvalue weighted by atomic mass is 9.96. The summed E-state index contributed by atoms with van der Waals surface area (Å²) in [6, 6.07) is 13.4. The van der Waals surface area contributed by atoms with Crippen LogP contribution in [0.5, 0.6) is 0 Å². The van der Waals surface area contributed by atoms with E-state index in [2.05, 4.69) is 4.99 Å². The molecule has 1 atom stereocenters. The lowest BCUT2D eigenvalue weighted by Crippen LogP contribution is -2.39. The smallest absolute Gasteiger partial charge is 0.338 e. The van der Waals surface area contributed by atoms with Crippen LogP contribution in [-0.4, -0.2) is 17.1 Å². The molecule has 37 heavy (non-hydrogen) atoms. The summed E-state index contributed by atoms with van der Waals surface area (Å²) in [6.45, 7) is 3.55. The monoisotopic (exact) mass is 556 g/mol. The van der Waals surface area contributed by atoms with Gasteiger partial charge >= 0.3 is 5.97 Å². The second-order valence-electron chi connectivity index (χ2n) is 8.18. The summed E-state index contributed by atoms with van der Waals surface area (Å²) in [4.78, 5) is 31.5. The molecule has 1 unspecified atom stereocenters. The zero-order chi connectivity index (χ0) is 26.3. The van der Waals surface area contributed by atoms with E-state index in [0.29, 0.717) is 47.7 Å². The molecule has 0 radical (unpaired) electrons. The van der Waals surface area contributed by atoms with Gasteiger partial charge in [0, 0.05) is 16.7 Å². The number of carbonyl (C=O) groups is 1. The number of esters is 1. The third-order valence-electron chi connectivity index (χ3n) is 5.80. The molecule has 4 aromatic rings. The molecule has 0 amide bonds. The zero-order valence-electron chi connectivity index (χ0n) is 19.6. The Morgan fingerprint density at radius 2 is 1.95 bits per heavy atom. The topological polar surface area (TPSA) is 73.8 Å². The van der Waals surface area contributed by atoms with Gasteiger partial charge in [-0.15, -0.1) is 0 Å². The Labute approximate surface area is 224 Å². The molecule has 10 heteroatoms. The van der Waals surface area contributed by atoms with Crippen molar-refractivity contribution < 1.29 is 18.3 Å². The molecular weight excluding hydrogens is 538 g/mol. The highest BCUT2D eigenvalue weighted by molar-refractivity contribution is 7.07. The predicted molar refractivity (Wildman–Crippen MR) is 141 cm³/mol. The van der Waals surface area contributed by atoms with Crippen LogP contribution in [0.25, 0.3) is 17.4 Å². The van der Waals surface area contributed by atoms with E-state index in [1.807, 2.05) is 0 Å². The Morgan fingerprint density at radius 1 is 1.19 bits per heavy atom. The number of aromatic nitrogens is 1. The minimum Gasteiger partial charge on any atom is -0.463 e. The van der Waals surface area contributed by atoms with Crippen LogP contribution in [0.3, 0.4) is 0 Å². The molecule has 2 aromatic carbocycles. The largest absolute Gasteiger partial charge is 0.463 e. The minimum atomic E-state index is -0.824. The molecule has 188 valence electrons. The lowest BCUT2D eigenvalue weighted by molar-refractivity contribution is -0.139. The average molecular weight is 557 g/mol. The van der Waals surface area contributed by atoms with Gasteiger partial charge < -0.3 is 9.15 Å². The number of fused-ring (bicyclic) bond motifs is 1. The fourth-order valence-corrected chi connectivity index (χ4v) is 5.55. The Kier molecular flexibility index (Phi) is 6.90. The van der Waals surface area contributed by atoms with Gasteiger partial charge in [-0.05, 0) is 61.9 Å². The molecule has 1 aliphatic heterocycles. The second kappa shape index (κ2) is 10.1. The summed E-state index contributed by atoms with van der Waals surface area (Å²) in [5.74, 6) is -0.0865. The first-order chi connectivity index (χ1) is 17.8. The number of rotatable bonds is 5. The van der Waals surface area contributed by atoms with Gasteiger partial charge in [-0.25, -0.2) is 14.2 Å². The quantitative estimate of drug-likeness (QED) is 0.304. The fraction of sp³-hybridized carbons (Fsp3) is 0.148. The van der Waals surface area contributed by atoms with Gasteiger partial charge in [-0.3, -0.25) is 9.36 Å². The van der Waals surface area contributed by atoms with Crippen molar-refractivity contribution in [3.8, 4) is 11.3 Å². The molecule has 0 saturated heterocycles. The van der Waals surface area contributed by atoms with E-state index < -0.39 is 17.8 Å². The van der Waals surface area contributed by atoms with E-state index in [-0.39, 0.29) is 17.7 Å². The number of allylic oxidation sites excluding steroid dienone is 1. The summed E-state index contributed by atoms with van der Waals surface area (Å²) in [7, 11) is 0. The van der Waals surface area contributed by atoms with Crippen LogP contribution in [0.1, 0.15) is 31.2 Å². The first-order valence-electron chi connectivity index (χ1n) is 11.3. The molecule has 0 N–H and O–H groups in total. The molecular formula is C27H19Cl2FN2O4S. The van der Waals surface area contributed by atoms with Crippen LogP contribution in [0.15, 0.2) is 80.1 Å². The molecule has 0 spiro atoms. The number of benzene rings is 2. The Morgan fingerprint density at radius 3 is 2.68 bits per heavy atom. The standard InChI is InChI=1S/C27H19Cl2FN2O4S/c1-3-35-26(34)23-14(2)31-27-32(24(23)15-4-7-17(30)8-5-15)25(33)22(37-27)13-18-9-11-21(36-18)19-12-16(28)6-10-20(19)29/h4-13,24H,3H2,1-2H3/b22-13-. The number of hydrogen-bond acceptors (Lipinski definition) is 6. The summed E-state index contributed by atoms with van der Waals surface area (Å²) in [5.41, 5.74) is 1.47. The summed E-state index contributed by atoms with van der Waals surface area (Å²) < 4.78 is 26.7. The molecule has 0 fully saturated rings. The average Bonchev–Trinajstić information content (AvgIpc) is 3.45. The van der Waals surface area contributed by atoms with E-state index in [1.165, 1.54) is 16.7 Å². The number of furan rings is 1. The maximum absolute atomic E-state index is 13.7. The van der Waals surface area contributed by atoms with Gasteiger partial charge in [-0.2, -0.15) is 0 Å². The van der Waals surface area contributed by atoms with Crippen LogP contribution in [0, 0.1) is 5.82 Å². The molecule has 1 aliphatic rings. The van der Waals surface area contributed by atoms with Crippen molar-refractivity contribution in [1.82, 2.24) is 4.57 Å². The molecule has 0 bridgehead atoms. The van der Waals surface area contributed by atoms with E-state index in [0.717, 1.165) is 11.3 Å². The highest BCUT2D eigenvalue weighted by atomic mass is 35.5. The number of carbonyl (C=O) groups excluding carboxylic acids is 1. The molecule has 0 aliphatic carbocycles. The molecule has 5 rings (SSSR count). The Balaban J connectivity index is 1.64. The van der Waals surface area contributed by atoms with Crippen LogP contribution < -0.4 is 14.9 Å². The summed E-state index contributed by atoms with van der Waals surface area (Å²) >= 11 is 13.6. The number of halogens is 3. The van der Waals surface area contributed by atoms with Crippen molar-refractivity contribution in [2.75, 3.05) is 6.61 Å². The van der Waals surface area contributed by atoms with Crippen molar-refractivity contribution in [2.45, 2.75) is 19.9 Å². The summed E-state index contributed by atoms with van der Waals surface area (Å²) in [5, 5.41) is 0.991. The van der Waals surface area contributed by atoms with Gasteiger partial charge in [0.05, 0.1) is 33.5 Å². The van der Waals surface area contributed by atoms with Crippen molar-refractivity contribution in [1.29, 1.82) is 0 Å². The van der Waals surface area contributed by atoms with E-state index in [1.54, 1.807) is 62.4 Å². The van der Waals surface area contributed by atoms with Crippen molar-refractivity contribution in [3.63, 3.8) is 0 Å². The first-order valence-corrected chi connectivity index (χ1v) is 12.8. The van der Waals surface area contributed by atoms with Crippen molar-refractivity contribution >= 4 is 46.6 Å². The highest BCUT2D eigenvalue weighted by Crippen LogP contribution is 2.33. The Bertz CT molecular complexity index is 1730. The molecule has 2 aromatic heterocycles. The number of hydrogen-bond donors (Lipinski definition) is 0. The maximum Gasteiger partial charge on any atom is 0.338 e. The van der Waals surface area contributed by atoms with Gasteiger partial charge in [0.25, 0.3) is 5.56 Å². The van der Waals surface area contributed by atoms with Crippen LogP contribution in [-0.2, 0) is 9.53 Å². The maximum atomic E-state index is 13.7. The third-order valence-corrected chi connectivity index (χ3v) is 7.34. The second-order valence-corrected chi connectivity index (χ2v) is 10.0. The van der Waals surface area contributed by atoms with Gasteiger partial charge in [0.2, 0.25) is 0 Å². The predicted octanol–water partition coefficient (Wildman–Crippen LogP) is 5.50. The fourth-order valence-electron chi connectivity index (χ4n) is 4.14. The molecule has 3 heterocycles. The molecule has 6 nitrogen and oxygen atoms in total. The Hall–Kier alpha value is -3.46. The first kappa shape index (κ1) is 25.2. The van der Waals surface area contributed by atoms with Gasteiger partial charge in [0.15, 0.2) is 4.80 Å². The van der Waals surface area contributed by atoms with Crippen molar-refractivity contribution in [3.05, 3.63) is 113 Å². The lowest BCUT2D eigenvalue weighted by Gasteiger charge is -2.24. The summed E-state index contributed by atoms with van der Waals surface area (Å²) in [6.07, 6.45) is 1.61. The SMILES string of the molecule is CCOC(=O)C1=C(C)N=c2s/c(=C\c3ccc(-c4cc(Cl)ccc4Cl)o3)c(=O)n2C1c1ccc(F)cc1. The van der Waals surface area contributed by atoms with E-state index in [9.17, 15) is 14.0 Å². The number of ether oxygens (including phenoxy) is 1. The number of thiazole rings is 1. The van der Waals surface area contributed by atoms with Crippen LogP contribution in [0.2, 0.25) is 10.0 Å². The van der Waals surface area contributed by atoms with Crippen LogP contribution in [0.4, 0.5) is 4.39 Å². The van der Waals surface area contributed by atoms with E-state index >= 15 is 0 Å². The van der Waals surface area contributed by atoms with E-state index in [4.69, 9.17) is 32.4 Å². The van der Waals surface area contributed by atoms with Gasteiger partial charge in [0.1, 0.15) is 17.3 Å². The zero-order valence-corrected chi connectivity index (χ0v) is 22.0.